The number of methoxy groups -OCH3 is 1. The summed E-state index contributed by atoms with van der Waals surface area (Å²) in [5.74, 6) is -0.377. The number of carbonyl (C=O) groups is 1. The van der Waals surface area contributed by atoms with Gasteiger partial charge in [0.1, 0.15) is 5.00 Å². The third-order valence-electron chi connectivity index (χ3n) is 2.68. The normalized spacial score (nSPS) is 10.0. The summed E-state index contributed by atoms with van der Waals surface area (Å²) in [4.78, 5) is 16.9. The maximum Gasteiger partial charge on any atom is 0.340 e. The van der Waals surface area contributed by atoms with Crippen molar-refractivity contribution < 1.29 is 9.53 Å². The van der Waals surface area contributed by atoms with E-state index in [0.29, 0.717) is 15.7 Å². The van der Waals surface area contributed by atoms with Crippen molar-refractivity contribution in [3.05, 3.63) is 41.0 Å². The van der Waals surface area contributed by atoms with Gasteiger partial charge >= 0.3 is 5.97 Å². The van der Waals surface area contributed by atoms with Gasteiger partial charge in [-0.15, -0.1) is 11.3 Å². The summed E-state index contributed by atoms with van der Waals surface area (Å²) in [7, 11) is 1.36. The molecule has 2 heterocycles. The molecule has 0 aromatic carbocycles. The monoisotopic (exact) mass is 321 g/mol. The van der Waals surface area contributed by atoms with Crippen LogP contribution in [0.3, 0.4) is 0 Å². The number of ether oxygens (including phenoxy) is 1. The predicted octanol–water partition coefficient (Wildman–Crippen LogP) is 3.30. The van der Waals surface area contributed by atoms with E-state index in [1.165, 1.54) is 18.4 Å². The van der Waals surface area contributed by atoms with E-state index >= 15 is 0 Å². The molecule has 0 spiro atoms. The minimum Gasteiger partial charge on any atom is -0.465 e. The molecule has 2 aromatic rings. The van der Waals surface area contributed by atoms with Crippen LogP contribution in [0.5, 0.6) is 0 Å². The molecule has 0 atom stereocenters. The van der Waals surface area contributed by atoms with Crippen molar-refractivity contribution in [2.75, 3.05) is 17.7 Å². The Balaban J connectivity index is 2.13. The maximum absolute atomic E-state index is 11.8. The molecule has 7 heteroatoms. The van der Waals surface area contributed by atoms with Crippen molar-refractivity contribution in [2.45, 2.75) is 13.3 Å². The number of anilines is 2. The second-order valence-electron chi connectivity index (χ2n) is 4.12. The van der Waals surface area contributed by atoms with Crippen LogP contribution in [0, 0.1) is 0 Å². The summed E-state index contributed by atoms with van der Waals surface area (Å²) in [5, 5.41) is 7.13. The van der Waals surface area contributed by atoms with Crippen molar-refractivity contribution >= 4 is 45.3 Å². The smallest absolute Gasteiger partial charge is 0.340 e. The highest BCUT2D eigenvalue weighted by Crippen LogP contribution is 2.29. The molecule has 0 aliphatic rings. The molecule has 5 nitrogen and oxygen atoms in total. The zero-order valence-electron chi connectivity index (χ0n) is 11.7. The maximum atomic E-state index is 11.8. The van der Waals surface area contributed by atoms with Gasteiger partial charge in [-0.25, -0.2) is 4.79 Å². The lowest BCUT2D eigenvalue weighted by Crippen LogP contribution is -2.19. The zero-order valence-corrected chi connectivity index (χ0v) is 13.3. The predicted molar refractivity (Wildman–Crippen MR) is 89.1 cm³/mol. The second-order valence-corrected chi connectivity index (χ2v) is 5.67. The highest BCUT2D eigenvalue weighted by Gasteiger charge is 2.17. The second kappa shape index (κ2) is 7.14. The van der Waals surface area contributed by atoms with E-state index in [2.05, 4.69) is 15.6 Å². The molecule has 2 aromatic heterocycles. The molecule has 21 heavy (non-hydrogen) atoms. The van der Waals surface area contributed by atoms with Crippen LogP contribution < -0.4 is 10.6 Å². The molecule has 0 amide bonds. The van der Waals surface area contributed by atoms with Crippen molar-refractivity contribution in [2.24, 2.45) is 0 Å². The minimum atomic E-state index is -0.377. The van der Waals surface area contributed by atoms with E-state index in [4.69, 9.17) is 17.0 Å². The van der Waals surface area contributed by atoms with Crippen LogP contribution in [0.1, 0.15) is 22.2 Å². The Hall–Kier alpha value is -1.99. The third kappa shape index (κ3) is 3.99. The molecule has 2 rings (SSSR count). The number of nitrogens with zero attached hydrogens (tertiary/aromatic N) is 1. The highest BCUT2D eigenvalue weighted by molar-refractivity contribution is 7.80. The lowest BCUT2D eigenvalue weighted by Gasteiger charge is -2.09. The number of rotatable bonds is 4. The number of aromatic nitrogens is 1. The van der Waals surface area contributed by atoms with Crippen molar-refractivity contribution in [3.8, 4) is 0 Å². The molecule has 0 aliphatic carbocycles. The summed E-state index contributed by atoms with van der Waals surface area (Å²) in [6.07, 6.45) is 4.20. The lowest BCUT2D eigenvalue weighted by molar-refractivity contribution is 0.0602. The van der Waals surface area contributed by atoms with Gasteiger partial charge in [-0.3, -0.25) is 4.98 Å². The van der Waals surface area contributed by atoms with Crippen LogP contribution in [0.25, 0.3) is 0 Å². The van der Waals surface area contributed by atoms with Gasteiger partial charge in [-0.2, -0.15) is 0 Å². The molecular weight excluding hydrogens is 306 g/mol. The number of aryl methyl sites for hydroxylation is 1. The molecule has 0 aliphatic heterocycles. The quantitative estimate of drug-likeness (QED) is 0.665. The Bertz CT molecular complexity index is 641. The van der Waals surface area contributed by atoms with E-state index in [9.17, 15) is 4.79 Å². The molecule has 0 saturated heterocycles. The fourth-order valence-corrected chi connectivity index (χ4v) is 2.95. The van der Waals surface area contributed by atoms with Crippen LogP contribution in [0.4, 0.5) is 10.7 Å². The van der Waals surface area contributed by atoms with Gasteiger partial charge in [0.15, 0.2) is 5.11 Å². The van der Waals surface area contributed by atoms with Crippen LogP contribution in [-0.4, -0.2) is 23.2 Å². The summed E-state index contributed by atoms with van der Waals surface area (Å²) in [6, 6.07) is 5.49. The Kier molecular flexibility index (Phi) is 5.24. The zero-order chi connectivity index (χ0) is 15.2. The Morgan fingerprint density at radius 1 is 1.48 bits per heavy atom. The number of carbonyl (C=O) groups excluding carboxylic acids is 1. The highest BCUT2D eigenvalue weighted by atomic mass is 32.1. The van der Waals surface area contributed by atoms with Gasteiger partial charge in [0.05, 0.1) is 24.6 Å². The first-order valence-electron chi connectivity index (χ1n) is 6.33. The van der Waals surface area contributed by atoms with Crippen LogP contribution in [0.2, 0.25) is 0 Å². The number of hydrogen-bond acceptors (Lipinski definition) is 5. The van der Waals surface area contributed by atoms with E-state index in [0.717, 1.165) is 17.0 Å². The topological polar surface area (TPSA) is 63.2 Å². The molecule has 0 saturated carbocycles. The third-order valence-corrected chi connectivity index (χ3v) is 4.08. The SMILES string of the molecule is CCc1cc(C(=O)OC)c(NC(=S)Nc2cccnc2)s1. The average molecular weight is 321 g/mol. The van der Waals surface area contributed by atoms with Crippen LogP contribution >= 0.6 is 23.6 Å². The Labute approximate surface area is 132 Å². The number of thiocarbonyl (C=S) groups is 1. The van der Waals surface area contributed by atoms with Gasteiger partial charge in [-0.1, -0.05) is 6.92 Å². The number of nitrogens with one attached hydrogen (secondary N) is 2. The standard InChI is InChI=1S/C14H15N3O2S2/c1-3-10-7-11(13(18)19-2)12(21-10)17-14(20)16-9-5-4-6-15-8-9/h4-8H,3H2,1-2H3,(H2,16,17,20). The Morgan fingerprint density at radius 2 is 2.29 bits per heavy atom. The molecule has 110 valence electrons. The first-order chi connectivity index (χ1) is 10.1. The molecule has 0 fully saturated rings. The van der Waals surface area contributed by atoms with Crippen LogP contribution in [-0.2, 0) is 11.2 Å². The Morgan fingerprint density at radius 3 is 2.90 bits per heavy atom. The molecular formula is C14H15N3O2S2. The number of thiophene rings is 1. The van der Waals surface area contributed by atoms with Gasteiger partial charge < -0.3 is 15.4 Å². The first kappa shape index (κ1) is 15.4. The van der Waals surface area contributed by atoms with Gasteiger partial charge in [0, 0.05) is 11.1 Å². The largest absolute Gasteiger partial charge is 0.465 e. The van der Waals surface area contributed by atoms with E-state index in [1.807, 2.05) is 25.1 Å². The molecule has 0 unspecified atom stereocenters. The number of hydrogen-bond donors (Lipinski definition) is 2. The van der Waals surface area contributed by atoms with E-state index < -0.39 is 0 Å². The van der Waals surface area contributed by atoms with Crippen LogP contribution in [0.15, 0.2) is 30.6 Å². The molecule has 0 radical (unpaired) electrons. The first-order valence-corrected chi connectivity index (χ1v) is 7.55. The lowest BCUT2D eigenvalue weighted by atomic mass is 10.2. The summed E-state index contributed by atoms with van der Waals surface area (Å²) in [6.45, 7) is 2.03. The van der Waals surface area contributed by atoms with E-state index in [-0.39, 0.29) is 5.97 Å². The van der Waals surface area contributed by atoms with E-state index in [1.54, 1.807) is 12.4 Å². The summed E-state index contributed by atoms with van der Waals surface area (Å²) in [5.41, 5.74) is 1.27. The van der Waals surface area contributed by atoms with Crippen molar-refractivity contribution in [1.29, 1.82) is 0 Å². The fraction of sp³-hybridized carbons (Fsp3) is 0.214. The van der Waals surface area contributed by atoms with Crippen molar-refractivity contribution in [3.63, 3.8) is 0 Å². The molecule has 2 N–H and O–H groups in total. The fourth-order valence-electron chi connectivity index (χ4n) is 1.67. The summed E-state index contributed by atoms with van der Waals surface area (Å²) >= 11 is 6.74. The van der Waals surface area contributed by atoms with Gasteiger partial charge in [0.2, 0.25) is 0 Å². The summed E-state index contributed by atoms with van der Waals surface area (Å²) < 4.78 is 4.79. The minimum absolute atomic E-state index is 0.377. The van der Waals surface area contributed by atoms with Crippen molar-refractivity contribution in [1.82, 2.24) is 4.98 Å². The number of pyridine rings is 1. The van der Waals surface area contributed by atoms with Gasteiger partial charge in [-0.05, 0) is 36.8 Å². The average Bonchev–Trinajstić information content (AvgIpc) is 2.90. The molecule has 0 bridgehead atoms. The number of esters is 1. The van der Waals surface area contributed by atoms with Gasteiger partial charge in [0.25, 0.3) is 0 Å².